The number of methoxy groups -OCH3 is 1. The van der Waals surface area contributed by atoms with Gasteiger partial charge in [-0.2, -0.15) is 0 Å². The summed E-state index contributed by atoms with van der Waals surface area (Å²) in [6.07, 6.45) is 0. The average Bonchev–Trinajstić information content (AvgIpc) is 2.77. The number of para-hydroxylation sites is 1. The Hall–Kier alpha value is -2.55. The first-order valence-electron chi connectivity index (χ1n) is 7.19. The van der Waals surface area contributed by atoms with Crippen LogP contribution in [0.4, 0.5) is 0 Å². The molecule has 0 aliphatic heterocycles. The standard InChI is InChI=1S/C19H18O3/c1-12(20)17-18(21)13-8-4-5-9-14(13)19(17,2)15-10-6-7-11-16(15)22-3/h4-11,21H,1-3H3. The molecule has 3 rings (SSSR count). The molecule has 0 amide bonds. The van der Waals surface area contributed by atoms with Crippen molar-refractivity contribution in [3.63, 3.8) is 0 Å². The van der Waals surface area contributed by atoms with Gasteiger partial charge in [0.1, 0.15) is 11.5 Å². The number of hydrogen-bond acceptors (Lipinski definition) is 3. The summed E-state index contributed by atoms with van der Waals surface area (Å²) >= 11 is 0. The molecule has 22 heavy (non-hydrogen) atoms. The van der Waals surface area contributed by atoms with Gasteiger partial charge >= 0.3 is 0 Å². The molecule has 2 aromatic rings. The molecule has 2 aromatic carbocycles. The van der Waals surface area contributed by atoms with E-state index in [4.69, 9.17) is 4.74 Å². The number of fused-ring (bicyclic) bond motifs is 1. The molecule has 1 aliphatic rings. The fourth-order valence-corrected chi connectivity index (χ4v) is 3.49. The second kappa shape index (κ2) is 5.02. The lowest BCUT2D eigenvalue weighted by Gasteiger charge is -2.30. The van der Waals surface area contributed by atoms with E-state index in [0.29, 0.717) is 16.9 Å². The monoisotopic (exact) mass is 294 g/mol. The van der Waals surface area contributed by atoms with Crippen LogP contribution in [0, 0.1) is 0 Å². The fourth-order valence-electron chi connectivity index (χ4n) is 3.49. The lowest BCUT2D eigenvalue weighted by atomic mass is 9.72. The second-order valence-electron chi connectivity index (χ2n) is 5.65. The molecule has 3 nitrogen and oxygen atoms in total. The Balaban J connectivity index is 2.38. The van der Waals surface area contributed by atoms with Crippen LogP contribution in [0.2, 0.25) is 0 Å². The fraction of sp³-hybridized carbons (Fsp3) is 0.211. The molecule has 3 heteroatoms. The molecule has 0 aromatic heterocycles. The zero-order valence-electron chi connectivity index (χ0n) is 12.9. The first-order valence-corrected chi connectivity index (χ1v) is 7.19. The van der Waals surface area contributed by atoms with Crippen molar-refractivity contribution < 1.29 is 14.6 Å². The van der Waals surface area contributed by atoms with Gasteiger partial charge < -0.3 is 9.84 Å². The first-order chi connectivity index (χ1) is 10.5. The molecule has 0 spiro atoms. The number of ketones is 1. The molecule has 0 bridgehead atoms. The third-order valence-corrected chi connectivity index (χ3v) is 4.46. The highest BCUT2D eigenvalue weighted by molar-refractivity contribution is 6.06. The van der Waals surface area contributed by atoms with Crippen LogP contribution >= 0.6 is 0 Å². The number of benzene rings is 2. The van der Waals surface area contributed by atoms with Crippen LogP contribution in [0.15, 0.2) is 54.1 Å². The van der Waals surface area contributed by atoms with E-state index in [9.17, 15) is 9.90 Å². The van der Waals surface area contributed by atoms with Gasteiger partial charge in [0.05, 0.1) is 18.1 Å². The Morgan fingerprint density at radius 1 is 1.05 bits per heavy atom. The van der Waals surface area contributed by atoms with Crippen molar-refractivity contribution in [2.75, 3.05) is 7.11 Å². The zero-order valence-corrected chi connectivity index (χ0v) is 12.9. The molecule has 112 valence electrons. The van der Waals surface area contributed by atoms with Gasteiger partial charge in [0.2, 0.25) is 0 Å². The topological polar surface area (TPSA) is 46.5 Å². The Bertz CT molecular complexity index is 789. The number of Topliss-reactive ketones (excluding diaryl/α,β-unsaturated/α-hetero) is 1. The molecule has 0 fully saturated rings. The summed E-state index contributed by atoms with van der Waals surface area (Å²) in [5.74, 6) is 0.631. The zero-order chi connectivity index (χ0) is 15.9. The maximum Gasteiger partial charge on any atom is 0.160 e. The van der Waals surface area contributed by atoms with Crippen molar-refractivity contribution in [2.45, 2.75) is 19.3 Å². The lowest BCUT2D eigenvalue weighted by molar-refractivity contribution is -0.114. The van der Waals surface area contributed by atoms with E-state index < -0.39 is 5.41 Å². The normalized spacial score (nSPS) is 20.0. The Labute approximate surface area is 129 Å². The Morgan fingerprint density at radius 2 is 1.64 bits per heavy atom. The molecule has 0 saturated heterocycles. The van der Waals surface area contributed by atoms with E-state index in [0.717, 1.165) is 11.1 Å². The molecule has 1 unspecified atom stereocenters. The molecule has 1 atom stereocenters. The molecule has 0 saturated carbocycles. The molecular weight excluding hydrogens is 276 g/mol. The number of allylic oxidation sites excluding steroid dienone is 1. The summed E-state index contributed by atoms with van der Waals surface area (Å²) in [4.78, 5) is 12.3. The summed E-state index contributed by atoms with van der Waals surface area (Å²) in [5.41, 5.74) is 2.19. The van der Waals surface area contributed by atoms with Crippen LogP contribution in [-0.4, -0.2) is 18.0 Å². The number of aliphatic hydroxyl groups is 1. The Morgan fingerprint density at radius 3 is 2.27 bits per heavy atom. The largest absolute Gasteiger partial charge is 0.507 e. The number of aliphatic hydroxyl groups excluding tert-OH is 1. The van der Waals surface area contributed by atoms with E-state index >= 15 is 0 Å². The van der Waals surface area contributed by atoms with E-state index in [1.165, 1.54) is 6.92 Å². The van der Waals surface area contributed by atoms with Crippen LogP contribution in [0.5, 0.6) is 5.75 Å². The van der Waals surface area contributed by atoms with Crippen molar-refractivity contribution >= 4 is 11.5 Å². The van der Waals surface area contributed by atoms with Gasteiger partial charge in [0.25, 0.3) is 0 Å². The highest BCUT2D eigenvalue weighted by Gasteiger charge is 2.46. The van der Waals surface area contributed by atoms with Crippen molar-refractivity contribution in [3.05, 3.63) is 70.8 Å². The third kappa shape index (κ3) is 1.78. The third-order valence-electron chi connectivity index (χ3n) is 4.46. The molecule has 0 heterocycles. The number of carbonyl (C=O) groups is 1. The number of hydrogen-bond donors (Lipinski definition) is 1. The summed E-state index contributed by atoms with van der Waals surface area (Å²) in [7, 11) is 1.61. The SMILES string of the molecule is COc1ccccc1C1(C)C(C(C)=O)=C(O)c2ccccc21. The smallest absolute Gasteiger partial charge is 0.160 e. The van der Waals surface area contributed by atoms with E-state index in [1.54, 1.807) is 7.11 Å². The van der Waals surface area contributed by atoms with Crippen LogP contribution in [0.25, 0.3) is 5.76 Å². The van der Waals surface area contributed by atoms with Gasteiger partial charge in [-0.05, 0) is 25.5 Å². The van der Waals surface area contributed by atoms with Crippen molar-refractivity contribution in [1.29, 1.82) is 0 Å². The first kappa shape index (κ1) is 14.4. The maximum absolute atomic E-state index is 12.3. The lowest BCUT2D eigenvalue weighted by Crippen LogP contribution is -2.28. The van der Waals surface area contributed by atoms with Crippen LogP contribution in [0.3, 0.4) is 0 Å². The van der Waals surface area contributed by atoms with Crippen molar-refractivity contribution in [2.24, 2.45) is 0 Å². The second-order valence-corrected chi connectivity index (χ2v) is 5.65. The van der Waals surface area contributed by atoms with Crippen molar-refractivity contribution in [1.82, 2.24) is 0 Å². The van der Waals surface area contributed by atoms with Gasteiger partial charge in [0, 0.05) is 11.1 Å². The van der Waals surface area contributed by atoms with Crippen LogP contribution < -0.4 is 4.74 Å². The van der Waals surface area contributed by atoms with Gasteiger partial charge in [-0.25, -0.2) is 0 Å². The van der Waals surface area contributed by atoms with Gasteiger partial charge in [0.15, 0.2) is 5.78 Å². The van der Waals surface area contributed by atoms with Crippen molar-refractivity contribution in [3.8, 4) is 5.75 Å². The minimum Gasteiger partial charge on any atom is -0.507 e. The van der Waals surface area contributed by atoms with E-state index in [2.05, 4.69) is 0 Å². The minimum absolute atomic E-state index is 0.0662. The highest BCUT2D eigenvalue weighted by atomic mass is 16.5. The summed E-state index contributed by atoms with van der Waals surface area (Å²) in [6, 6.07) is 15.2. The Kier molecular flexibility index (Phi) is 3.28. The summed E-state index contributed by atoms with van der Waals surface area (Å²) in [6.45, 7) is 3.45. The molecular formula is C19H18O3. The summed E-state index contributed by atoms with van der Waals surface area (Å²) < 4.78 is 5.49. The van der Waals surface area contributed by atoms with Gasteiger partial charge in [-0.3, -0.25) is 4.79 Å². The predicted molar refractivity (Wildman–Crippen MR) is 86.1 cm³/mol. The number of ether oxygens (including phenoxy) is 1. The minimum atomic E-state index is -0.723. The predicted octanol–water partition coefficient (Wildman–Crippen LogP) is 3.87. The van der Waals surface area contributed by atoms with Gasteiger partial charge in [-0.1, -0.05) is 42.5 Å². The molecule has 1 aliphatic carbocycles. The number of carbonyl (C=O) groups excluding carboxylic acids is 1. The highest BCUT2D eigenvalue weighted by Crippen LogP contribution is 2.51. The average molecular weight is 294 g/mol. The molecule has 1 N–H and O–H groups in total. The van der Waals surface area contributed by atoms with E-state index in [1.807, 2.05) is 55.5 Å². The molecule has 0 radical (unpaired) electrons. The van der Waals surface area contributed by atoms with Crippen LogP contribution in [0.1, 0.15) is 30.5 Å². The van der Waals surface area contributed by atoms with Crippen LogP contribution in [-0.2, 0) is 10.2 Å². The quantitative estimate of drug-likeness (QED) is 0.934. The maximum atomic E-state index is 12.3. The number of rotatable bonds is 3. The summed E-state index contributed by atoms with van der Waals surface area (Å²) in [5, 5.41) is 10.6. The van der Waals surface area contributed by atoms with E-state index in [-0.39, 0.29) is 11.5 Å². The van der Waals surface area contributed by atoms with Gasteiger partial charge in [-0.15, -0.1) is 0 Å².